The molecule has 4 amide bonds. The predicted octanol–water partition coefficient (Wildman–Crippen LogP) is 3.51. The van der Waals surface area contributed by atoms with E-state index in [-0.39, 0.29) is 36.2 Å². The van der Waals surface area contributed by atoms with E-state index in [0.29, 0.717) is 37.5 Å². The fourth-order valence-electron chi connectivity index (χ4n) is 4.12. The van der Waals surface area contributed by atoms with Crippen molar-refractivity contribution in [1.82, 2.24) is 10.2 Å². The van der Waals surface area contributed by atoms with Gasteiger partial charge in [-0.2, -0.15) is 0 Å². The minimum Gasteiger partial charge on any atom is -0.342 e. The van der Waals surface area contributed by atoms with Crippen LogP contribution in [0.4, 0.5) is 16.2 Å². The molecule has 0 spiro atoms. The number of nitrogens with one attached hydrogen (secondary N) is 2. The molecule has 2 aliphatic rings. The molecule has 4 rings (SSSR count). The molecule has 2 aromatic rings. The first-order valence-electron chi connectivity index (χ1n) is 10.5. The Morgan fingerprint density at radius 2 is 1.65 bits per heavy atom. The molecule has 7 nitrogen and oxygen atoms in total. The lowest BCUT2D eigenvalue weighted by Gasteiger charge is -2.33. The number of halogens is 1. The number of para-hydroxylation sites is 1. The highest BCUT2D eigenvalue weighted by Crippen LogP contribution is 2.28. The number of amides is 4. The Morgan fingerprint density at radius 3 is 2.32 bits per heavy atom. The first-order chi connectivity index (χ1) is 15.0. The second-order valence-electron chi connectivity index (χ2n) is 7.95. The van der Waals surface area contributed by atoms with E-state index in [1.165, 1.54) is 0 Å². The Kier molecular flexibility index (Phi) is 6.42. The predicted molar refractivity (Wildman–Crippen MR) is 120 cm³/mol. The van der Waals surface area contributed by atoms with Gasteiger partial charge in [-0.25, -0.2) is 4.79 Å². The third-order valence-electron chi connectivity index (χ3n) is 5.79. The lowest BCUT2D eigenvalue weighted by molar-refractivity contribution is -0.136. The number of benzene rings is 2. The molecule has 162 valence electrons. The molecule has 0 aromatic heterocycles. The van der Waals surface area contributed by atoms with E-state index in [1.54, 1.807) is 29.2 Å². The summed E-state index contributed by atoms with van der Waals surface area (Å²) in [6.07, 6.45) is 1.60. The number of hydrogen-bond acceptors (Lipinski definition) is 3. The molecule has 2 fully saturated rings. The number of carbonyl (C=O) groups is 3. The van der Waals surface area contributed by atoms with Crippen LogP contribution >= 0.6 is 11.6 Å². The van der Waals surface area contributed by atoms with Gasteiger partial charge in [-0.05, 0) is 49.2 Å². The van der Waals surface area contributed by atoms with Crippen LogP contribution in [-0.4, -0.2) is 48.4 Å². The van der Waals surface area contributed by atoms with Gasteiger partial charge in [-0.3, -0.25) is 9.59 Å². The minimum atomic E-state index is -0.339. The van der Waals surface area contributed by atoms with E-state index in [0.717, 1.165) is 11.4 Å². The normalized spacial score (nSPS) is 19.4. The Balaban J connectivity index is 1.26. The fraction of sp³-hybridized carbons (Fsp3) is 0.348. The number of rotatable bonds is 4. The standard InChI is InChI=1S/C23H25ClN4O3/c24-17-6-8-20(9-7-17)28-15-16(14-21(28)29)22(30)27-12-10-19(11-13-27)26-23(31)25-18-4-2-1-3-5-18/h1-9,16,19H,10-15H2,(H2,25,26,31). The highest BCUT2D eigenvalue weighted by Gasteiger charge is 2.38. The number of anilines is 2. The van der Waals surface area contributed by atoms with Crippen LogP contribution in [0, 0.1) is 5.92 Å². The molecule has 31 heavy (non-hydrogen) atoms. The van der Waals surface area contributed by atoms with Crippen LogP contribution in [0.2, 0.25) is 5.02 Å². The van der Waals surface area contributed by atoms with Crippen molar-refractivity contribution in [2.45, 2.75) is 25.3 Å². The lowest BCUT2D eigenvalue weighted by Crippen LogP contribution is -2.49. The van der Waals surface area contributed by atoms with Crippen molar-refractivity contribution >= 4 is 40.8 Å². The van der Waals surface area contributed by atoms with Gasteiger partial charge >= 0.3 is 6.03 Å². The molecule has 2 aromatic carbocycles. The van der Waals surface area contributed by atoms with E-state index in [9.17, 15) is 14.4 Å². The average Bonchev–Trinajstić information content (AvgIpc) is 3.16. The van der Waals surface area contributed by atoms with Gasteiger partial charge < -0.3 is 20.4 Å². The van der Waals surface area contributed by atoms with Gasteiger partial charge in [0.1, 0.15) is 0 Å². The van der Waals surface area contributed by atoms with Crippen LogP contribution in [-0.2, 0) is 9.59 Å². The van der Waals surface area contributed by atoms with Gasteiger partial charge in [0.25, 0.3) is 0 Å². The van der Waals surface area contributed by atoms with Gasteiger partial charge in [0.05, 0.1) is 5.92 Å². The first-order valence-corrected chi connectivity index (χ1v) is 10.8. The second kappa shape index (κ2) is 9.39. The molecule has 1 unspecified atom stereocenters. The third kappa shape index (κ3) is 5.17. The molecule has 0 bridgehead atoms. The summed E-state index contributed by atoms with van der Waals surface area (Å²) >= 11 is 5.92. The minimum absolute atomic E-state index is 0.0111. The topological polar surface area (TPSA) is 81.8 Å². The molecule has 2 heterocycles. The van der Waals surface area contributed by atoms with Crippen LogP contribution in [0.5, 0.6) is 0 Å². The molecule has 1 atom stereocenters. The van der Waals surface area contributed by atoms with Crippen LogP contribution in [0.25, 0.3) is 0 Å². The molecular weight excluding hydrogens is 416 g/mol. The van der Waals surface area contributed by atoms with Crippen molar-refractivity contribution in [2.24, 2.45) is 5.92 Å². The molecule has 2 aliphatic heterocycles. The first kappa shape index (κ1) is 21.2. The largest absolute Gasteiger partial charge is 0.342 e. The van der Waals surface area contributed by atoms with Crippen molar-refractivity contribution in [2.75, 3.05) is 29.9 Å². The van der Waals surface area contributed by atoms with Crippen LogP contribution in [0.1, 0.15) is 19.3 Å². The molecular formula is C23H25ClN4O3. The monoisotopic (exact) mass is 440 g/mol. The van der Waals surface area contributed by atoms with Gasteiger partial charge in [0, 0.05) is 48.5 Å². The SMILES string of the molecule is O=C(Nc1ccccc1)NC1CCN(C(=O)C2CC(=O)N(c3ccc(Cl)cc3)C2)CC1. The highest BCUT2D eigenvalue weighted by molar-refractivity contribution is 6.30. The molecule has 2 saturated heterocycles. The van der Waals surface area contributed by atoms with Gasteiger partial charge in [0.15, 0.2) is 0 Å². The summed E-state index contributed by atoms with van der Waals surface area (Å²) in [5, 5.41) is 6.40. The van der Waals surface area contributed by atoms with E-state index in [2.05, 4.69) is 10.6 Å². The Hall–Kier alpha value is -3.06. The van der Waals surface area contributed by atoms with E-state index < -0.39 is 0 Å². The van der Waals surface area contributed by atoms with Gasteiger partial charge in [-0.15, -0.1) is 0 Å². The number of carbonyl (C=O) groups excluding carboxylic acids is 3. The zero-order valence-electron chi connectivity index (χ0n) is 17.1. The van der Waals surface area contributed by atoms with Gasteiger partial charge in [-0.1, -0.05) is 29.8 Å². The van der Waals surface area contributed by atoms with E-state index >= 15 is 0 Å². The molecule has 0 aliphatic carbocycles. The fourth-order valence-corrected chi connectivity index (χ4v) is 4.25. The maximum atomic E-state index is 13.0. The van der Waals surface area contributed by atoms with Crippen molar-refractivity contribution in [3.8, 4) is 0 Å². The number of likely N-dealkylation sites (tertiary alicyclic amines) is 1. The highest BCUT2D eigenvalue weighted by atomic mass is 35.5. The summed E-state index contributed by atoms with van der Waals surface area (Å²) in [4.78, 5) is 41.1. The third-order valence-corrected chi connectivity index (χ3v) is 6.04. The number of hydrogen-bond donors (Lipinski definition) is 2. The van der Waals surface area contributed by atoms with Crippen LogP contribution in [0.3, 0.4) is 0 Å². The average molecular weight is 441 g/mol. The molecule has 2 N–H and O–H groups in total. The Labute approximate surface area is 186 Å². The Morgan fingerprint density at radius 1 is 0.968 bits per heavy atom. The summed E-state index contributed by atoms with van der Waals surface area (Å²) in [6.45, 7) is 1.53. The van der Waals surface area contributed by atoms with Crippen molar-refractivity contribution in [3.63, 3.8) is 0 Å². The van der Waals surface area contributed by atoms with Crippen LogP contribution < -0.4 is 15.5 Å². The second-order valence-corrected chi connectivity index (χ2v) is 8.38. The number of piperidine rings is 1. The summed E-state index contributed by atoms with van der Waals surface area (Å²) in [5.41, 5.74) is 1.50. The number of urea groups is 1. The maximum Gasteiger partial charge on any atom is 0.319 e. The quantitative estimate of drug-likeness (QED) is 0.763. The summed E-state index contributed by atoms with van der Waals surface area (Å²) in [7, 11) is 0. The smallest absolute Gasteiger partial charge is 0.319 e. The molecule has 0 saturated carbocycles. The maximum absolute atomic E-state index is 13.0. The van der Waals surface area contributed by atoms with Crippen LogP contribution in [0.15, 0.2) is 54.6 Å². The molecule has 0 radical (unpaired) electrons. The summed E-state index contributed by atoms with van der Waals surface area (Å²) in [5.74, 6) is -0.374. The summed E-state index contributed by atoms with van der Waals surface area (Å²) < 4.78 is 0. The zero-order chi connectivity index (χ0) is 21.8. The molecule has 8 heteroatoms. The Bertz CT molecular complexity index is 943. The summed E-state index contributed by atoms with van der Waals surface area (Å²) in [6, 6.07) is 16.1. The van der Waals surface area contributed by atoms with Gasteiger partial charge in [0.2, 0.25) is 11.8 Å². The zero-order valence-corrected chi connectivity index (χ0v) is 17.8. The van der Waals surface area contributed by atoms with E-state index in [4.69, 9.17) is 11.6 Å². The van der Waals surface area contributed by atoms with Crippen molar-refractivity contribution in [3.05, 3.63) is 59.6 Å². The van der Waals surface area contributed by atoms with Crippen molar-refractivity contribution < 1.29 is 14.4 Å². The lowest BCUT2D eigenvalue weighted by atomic mass is 10.0. The van der Waals surface area contributed by atoms with E-state index in [1.807, 2.05) is 35.2 Å². The van der Waals surface area contributed by atoms with Crippen molar-refractivity contribution in [1.29, 1.82) is 0 Å². The number of nitrogens with zero attached hydrogens (tertiary/aromatic N) is 2.